The Morgan fingerprint density at radius 1 is 1.35 bits per heavy atom. The Morgan fingerprint density at radius 3 is 2.74 bits per heavy atom. The predicted octanol–water partition coefficient (Wildman–Crippen LogP) is 6.55. The van der Waals surface area contributed by atoms with Crippen molar-refractivity contribution in [2.75, 3.05) is 13.1 Å². The van der Waals surface area contributed by atoms with Gasteiger partial charge < -0.3 is 5.32 Å². The van der Waals surface area contributed by atoms with Crippen LogP contribution in [-0.4, -0.2) is 23.3 Å². The average Bonchev–Trinajstić information content (AvgIpc) is 3.35. The third kappa shape index (κ3) is 4.62. The van der Waals surface area contributed by atoms with Gasteiger partial charge in [-0.3, -0.25) is 4.79 Å². The van der Waals surface area contributed by atoms with Crippen LogP contribution in [-0.2, 0) is 4.79 Å². The lowest BCUT2D eigenvalue weighted by atomic mass is 9.76. The van der Waals surface area contributed by atoms with Gasteiger partial charge in [-0.05, 0) is 53.8 Å². The molecule has 2 aliphatic rings. The lowest BCUT2D eigenvalue weighted by Gasteiger charge is -2.40. The number of rotatable bonds is 6. The maximum atomic E-state index is 14.9. The summed E-state index contributed by atoms with van der Waals surface area (Å²) in [7, 11) is 0. The molecule has 1 N–H and O–H groups in total. The average molecular weight is 497 g/mol. The molecule has 3 nitrogen and oxygen atoms in total. The second-order valence-corrected chi connectivity index (χ2v) is 11.3. The monoisotopic (exact) mass is 496 g/mol. The van der Waals surface area contributed by atoms with Crippen LogP contribution in [0.25, 0.3) is 0 Å². The predicted molar refractivity (Wildman–Crippen MR) is 127 cm³/mol. The van der Waals surface area contributed by atoms with E-state index in [4.69, 9.17) is 29.6 Å². The number of thiophene rings is 1. The molecule has 1 saturated heterocycles. The maximum Gasteiger partial charge on any atom is 0.226 e. The van der Waals surface area contributed by atoms with E-state index in [0.717, 1.165) is 35.5 Å². The van der Waals surface area contributed by atoms with Crippen molar-refractivity contribution in [3.8, 4) is 12.3 Å². The highest BCUT2D eigenvalue weighted by Gasteiger charge is 2.43. The Labute approximate surface area is 200 Å². The Balaban J connectivity index is 1.48. The minimum Gasteiger partial charge on any atom is -0.348 e. The normalized spacial score (nSPS) is 19.6. The summed E-state index contributed by atoms with van der Waals surface area (Å²) in [4.78, 5) is 15.0. The van der Waals surface area contributed by atoms with Gasteiger partial charge in [-0.15, -0.1) is 17.8 Å². The fourth-order valence-corrected chi connectivity index (χ4v) is 6.85. The van der Waals surface area contributed by atoms with Crippen molar-refractivity contribution in [1.82, 2.24) is 9.62 Å². The van der Waals surface area contributed by atoms with Gasteiger partial charge >= 0.3 is 0 Å². The molecule has 0 radical (unpaired) electrons. The highest BCUT2D eigenvalue weighted by molar-refractivity contribution is 7.97. The number of nitrogens with one attached hydrogen (secondary N) is 1. The fraction of sp³-hybridized carbons (Fsp3) is 0.435. The maximum absolute atomic E-state index is 14.9. The van der Waals surface area contributed by atoms with Gasteiger partial charge in [0.15, 0.2) is 0 Å². The Bertz CT molecular complexity index is 1020. The van der Waals surface area contributed by atoms with Gasteiger partial charge in [0.1, 0.15) is 5.82 Å². The van der Waals surface area contributed by atoms with E-state index in [1.54, 1.807) is 11.9 Å². The summed E-state index contributed by atoms with van der Waals surface area (Å²) in [5, 5.41) is 5.59. The molecule has 1 saturated carbocycles. The number of terminal acetylenes is 1. The zero-order chi connectivity index (χ0) is 22.2. The topological polar surface area (TPSA) is 32.3 Å². The lowest BCUT2D eigenvalue weighted by Crippen LogP contribution is -2.52. The number of benzene rings is 1. The van der Waals surface area contributed by atoms with Crippen molar-refractivity contribution in [2.24, 2.45) is 11.3 Å². The van der Waals surface area contributed by atoms with Gasteiger partial charge in [0.25, 0.3) is 0 Å². The van der Waals surface area contributed by atoms with Crippen LogP contribution in [0.5, 0.6) is 0 Å². The molecular formula is C23H23Cl2FN2OS2. The molecule has 1 aromatic heterocycles. The van der Waals surface area contributed by atoms with Crippen molar-refractivity contribution < 1.29 is 9.18 Å². The quantitative estimate of drug-likeness (QED) is 0.279. The summed E-state index contributed by atoms with van der Waals surface area (Å²) in [5.74, 6) is 2.02. The van der Waals surface area contributed by atoms with Crippen LogP contribution in [0.2, 0.25) is 10.0 Å². The summed E-state index contributed by atoms with van der Waals surface area (Å²) in [6.07, 6.45) is 9.44. The number of carbonyl (C=O) groups excluding carboxylic acids is 1. The van der Waals surface area contributed by atoms with Gasteiger partial charge in [0.05, 0.1) is 26.9 Å². The van der Waals surface area contributed by atoms with Gasteiger partial charge in [0, 0.05) is 23.5 Å². The van der Waals surface area contributed by atoms with Crippen molar-refractivity contribution in [3.05, 3.63) is 49.9 Å². The van der Waals surface area contributed by atoms with E-state index in [1.165, 1.54) is 23.5 Å². The molecule has 1 atom stereocenters. The SMILES string of the molecule is C#Cc1sccc1SN1CC(C(=O)NC(c2c(F)ccc(Cl)c2Cl)C2(C)CCCC2)C1. The molecule has 1 aromatic carbocycles. The molecule has 164 valence electrons. The van der Waals surface area contributed by atoms with Gasteiger partial charge in [-0.1, -0.05) is 48.9 Å². The molecule has 1 unspecified atom stereocenters. The van der Waals surface area contributed by atoms with Crippen molar-refractivity contribution in [3.63, 3.8) is 0 Å². The molecule has 1 aliphatic heterocycles. The molecule has 1 amide bonds. The van der Waals surface area contributed by atoms with Crippen LogP contribution in [0.4, 0.5) is 4.39 Å². The van der Waals surface area contributed by atoms with E-state index in [2.05, 4.69) is 22.5 Å². The smallest absolute Gasteiger partial charge is 0.226 e. The van der Waals surface area contributed by atoms with E-state index in [0.29, 0.717) is 23.7 Å². The summed E-state index contributed by atoms with van der Waals surface area (Å²) >= 11 is 15.7. The van der Waals surface area contributed by atoms with Gasteiger partial charge in [0.2, 0.25) is 5.91 Å². The third-order valence-electron chi connectivity index (χ3n) is 6.30. The lowest BCUT2D eigenvalue weighted by molar-refractivity contribution is -0.129. The minimum absolute atomic E-state index is 0.0760. The van der Waals surface area contributed by atoms with E-state index in [-0.39, 0.29) is 22.3 Å². The summed E-state index contributed by atoms with van der Waals surface area (Å²) < 4.78 is 17.0. The van der Waals surface area contributed by atoms with Crippen LogP contribution >= 0.6 is 46.5 Å². The van der Waals surface area contributed by atoms with Crippen LogP contribution in [0.3, 0.4) is 0 Å². The van der Waals surface area contributed by atoms with Crippen LogP contribution in [0, 0.1) is 29.5 Å². The summed E-state index contributed by atoms with van der Waals surface area (Å²) in [6.45, 7) is 3.33. The Hall–Kier alpha value is -1.23. The van der Waals surface area contributed by atoms with Crippen LogP contribution < -0.4 is 5.32 Å². The molecule has 2 aromatic rings. The number of hydrogen-bond donors (Lipinski definition) is 1. The number of hydrogen-bond acceptors (Lipinski definition) is 4. The summed E-state index contributed by atoms with van der Waals surface area (Å²) in [5.41, 5.74) is 0.0379. The standard InChI is InChI=1S/C23H23Cl2FN2OS2/c1-3-17-18(8-11-30-17)31-28-12-14(13-28)22(29)27-21(23(2)9-4-5-10-23)19-16(26)7-6-15(24)20(19)25/h1,6-8,11,14,21H,4-5,9-10,12-13H2,2H3,(H,27,29). The Kier molecular flexibility index (Phi) is 6.90. The number of carbonyl (C=O) groups is 1. The number of halogens is 3. The largest absolute Gasteiger partial charge is 0.348 e. The first-order chi connectivity index (χ1) is 14.8. The minimum atomic E-state index is -0.514. The zero-order valence-electron chi connectivity index (χ0n) is 17.1. The van der Waals surface area contributed by atoms with E-state index in [9.17, 15) is 9.18 Å². The second-order valence-electron chi connectivity index (χ2n) is 8.45. The first kappa shape index (κ1) is 22.9. The van der Waals surface area contributed by atoms with Crippen LogP contribution in [0.1, 0.15) is 49.1 Å². The molecule has 0 spiro atoms. The molecule has 4 rings (SSSR count). The highest BCUT2D eigenvalue weighted by Crippen LogP contribution is 2.50. The van der Waals surface area contributed by atoms with Crippen molar-refractivity contribution in [1.29, 1.82) is 0 Å². The number of nitrogens with zero attached hydrogens (tertiary/aromatic N) is 1. The Morgan fingerprint density at radius 2 is 2.06 bits per heavy atom. The van der Waals surface area contributed by atoms with Gasteiger partial charge in [-0.2, -0.15) is 0 Å². The van der Waals surface area contributed by atoms with E-state index < -0.39 is 11.9 Å². The van der Waals surface area contributed by atoms with Crippen LogP contribution in [0.15, 0.2) is 28.5 Å². The van der Waals surface area contributed by atoms with Crippen molar-refractivity contribution >= 4 is 52.4 Å². The third-order valence-corrected chi connectivity index (χ3v) is 9.19. The van der Waals surface area contributed by atoms with Gasteiger partial charge in [-0.25, -0.2) is 8.70 Å². The fourth-order valence-electron chi connectivity index (χ4n) is 4.43. The zero-order valence-corrected chi connectivity index (χ0v) is 20.2. The molecule has 1 aliphatic carbocycles. The molecule has 2 heterocycles. The first-order valence-corrected chi connectivity index (χ1v) is 12.6. The summed E-state index contributed by atoms with van der Waals surface area (Å²) in [6, 6.07) is 4.26. The molecule has 8 heteroatoms. The van der Waals surface area contributed by atoms with Crippen molar-refractivity contribution in [2.45, 2.75) is 43.5 Å². The van der Waals surface area contributed by atoms with E-state index >= 15 is 0 Å². The molecular weight excluding hydrogens is 474 g/mol. The second kappa shape index (κ2) is 9.33. The first-order valence-electron chi connectivity index (χ1n) is 10.2. The molecule has 31 heavy (non-hydrogen) atoms. The van der Waals surface area contributed by atoms with E-state index in [1.807, 2.05) is 11.4 Å². The number of amides is 1. The molecule has 0 bridgehead atoms. The highest BCUT2D eigenvalue weighted by atomic mass is 35.5. The molecule has 2 fully saturated rings.